The van der Waals surface area contributed by atoms with Gasteiger partial charge in [-0.25, -0.2) is 9.37 Å². The van der Waals surface area contributed by atoms with Gasteiger partial charge in [0.2, 0.25) is 11.8 Å². The van der Waals surface area contributed by atoms with Crippen molar-refractivity contribution in [1.29, 1.82) is 0 Å². The lowest BCUT2D eigenvalue weighted by Gasteiger charge is -2.07. The Morgan fingerprint density at radius 1 is 1.29 bits per heavy atom. The van der Waals surface area contributed by atoms with Gasteiger partial charge in [0.05, 0.1) is 4.92 Å². The van der Waals surface area contributed by atoms with Crippen molar-refractivity contribution in [2.75, 3.05) is 17.2 Å². The van der Waals surface area contributed by atoms with Gasteiger partial charge in [-0.2, -0.15) is 4.98 Å². The highest BCUT2D eigenvalue weighted by Crippen LogP contribution is 2.21. The molecule has 0 spiro atoms. The second-order valence-electron chi connectivity index (χ2n) is 4.19. The van der Waals surface area contributed by atoms with Crippen molar-refractivity contribution in [3.05, 3.63) is 52.0 Å². The van der Waals surface area contributed by atoms with Crippen molar-refractivity contribution in [3.63, 3.8) is 0 Å². The average molecular weight is 291 g/mol. The highest BCUT2D eigenvalue weighted by molar-refractivity contribution is 5.56. The molecule has 1 aromatic carbocycles. The van der Waals surface area contributed by atoms with Gasteiger partial charge < -0.3 is 10.6 Å². The Hall–Kier alpha value is -2.77. The Morgan fingerprint density at radius 2 is 2.00 bits per heavy atom. The minimum absolute atomic E-state index is 0.166. The molecule has 0 aliphatic heterocycles. The lowest BCUT2D eigenvalue weighted by molar-refractivity contribution is -0.384. The molecule has 0 saturated carbocycles. The van der Waals surface area contributed by atoms with Crippen LogP contribution in [0, 0.1) is 15.9 Å². The summed E-state index contributed by atoms with van der Waals surface area (Å²) in [5.74, 6) is 0.125. The normalized spacial score (nSPS) is 10.2. The van der Waals surface area contributed by atoms with E-state index in [1.807, 2.05) is 6.92 Å². The van der Waals surface area contributed by atoms with Crippen molar-refractivity contribution >= 4 is 17.5 Å². The van der Waals surface area contributed by atoms with Gasteiger partial charge in [-0.15, -0.1) is 0 Å². The summed E-state index contributed by atoms with van der Waals surface area (Å²) in [5, 5.41) is 16.6. The highest BCUT2D eigenvalue weighted by Gasteiger charge is 2.16. The number of hydrogen-bond acceptors (Lipinski definition) is 6. The lowest BCUT2D eigenvalue weighted by atomic mass is 10.2. The maximum atomic E-state index is 12.8. The second kappa shape index (κ2) is 6.60. The van der Waals surface area contributed by atoms with Crippen LogP contribution in [0.4, 0.5) is 21.8 Å². The van der Waals surface area contributed by atoms with E-state index in [1.54, 1.807) is 12.1 Å². The summed E-state index contributed by atoms with van der Waals surface area (Å²) in [5.41, 5.74) is 0.674. The van der Waals surface area contributed by atoms with Gasteiger partial charge in [-0.1, -0.05) is 12.1 Å². The third-order valence-corrected chi connectivity index (χ3v) is 2.67. The molecule has 0 aliphatic rings. The van der Waals surface area contributed by atoms with Crippen LogP contribution < -0.4 is 10.6 Å². The Bertz CT molecular complexity index is 633. The van der Waals surface area contributed by atoms with Crippen LogP contribution in [0.25, 0.3) is 0 Å². The van der Waals surface area contributed by atoms with E-state index < -0.39 is 4.92 Å². The number of nitro groups is 1. The standard InChI is InChI=1S/C13H14FN5O2/c1-2-15-12-11(19(20)21)8-17-13(18-12)16-7-9-3-5-10(14)6-4-9/h3-6,8H,2,7H2,1H3,(H2,15,16,17,18). The summed E-state index contributed by atoms with van der Waals surface area (Å²) in [6.07, 6.45) is 1.15. The Labute approximate surface area is 120 Å². The van der Waals surface area contributed by atoms with E-state index in [-0.39, 0.29) is 23.3 Å². The number of benzene rings is 1. The van der Waals surface area contributed by atoms with Crippen molar-refractivity contribution < 1.29 is 9.31 Å². The van der Waals surface area contributed by atoms with Crippen LogP contribution in [0.3, 0.4) is 0 Å². The predicted molar refractivity (Wildman–Crippen MR) is 76.6 cm³/mol. The number of nitrogens with zero attached hydrogens (tertiary/aromatic N) is 3. The molecule has 0 bridgehead atoms. The lowest BCUT2D eigenvalue weighted by Crippen LogP contribution is -2.09. The average Bonchev–Trinajstić information content (AvgIpc) is 2.47. The molecule has 0 saturated heterocycles. The fourth-order valence-corrected chi connectivity index (χ4v) is 1.68. The highest BCUT2D eigenvalue weighted by atomic mass is 19.1. The smallest absolute Gasteiger partial charge is 0.329 e. The van der Waals surface area contributed by atoms with E-state index in [2.05, 4.69) is 20.6 Å². The molecule has 0 amide bonds. The Kier molecular flexibility index (Phi) is 4.60. The second-order valence-corrected chi connectivity index (χ2v) is 4.19. The molecule has 0 unspecified atom stereocenters. The summed E-state index contributed by atoms with van der Waals surface area (Å²) in [7, 11) is 0. The third kappa shape index (κ3) is 3.85. The van der Waals surface area contributed by atoms with Crippen LogP contribution in [0.15, 0.2) is 30.5 Å². The first kappa shape index (κ1) is 14.6. The van der Waals surface area contributed by atoms with E-state index in [1.165, 1.54) is 12.1 Å². The monoisotopic (exact) mass is 291 g/mol. The summed E-state index contributed by atoms with van der Waals surface area (Å²) in [6, 6.07) is 5.99. The molecule has 21 heavy (non-hydrogen) atoms. The minimum Gasteiger partial charge on any atom is -0.364 e. The Morgan fingerprint density at radius 3 is 2.62 bits per heavy atom. The minimum atomic E-state index is -0.540. The van der Waals surface area contributed by atoms with E-state index in [0.717, 1.165) is 11.8 Å². The molecule has 1 aromatic heterocycles. The number of rotatable bonds is 6. The van der Waals surface area contributed by atoms with Gasteiger partial charge >= 0.3 is 5.69 Å². The van der Waals surface area contributed by atoms with Crippen molar-refractivity contribution in [2.24, 2.45) is 0 Å². The molecule has 1 heterocycles. The Balaban J connectivity index is 2.11. The third-order valence-electron chi connectivity index (χ3n) is 2.67. The zero-order valence-electron chi connectivity index (χ0n) is 11.3. The summed E-state index contributed by atoms with van der Waals surface area (Å²) < 4.78 is 12.8. The molecule has 0 aliphatic carbocycles. The maximum Gasteiger partial charge on any atom is 0.329 e. The number of hydrogen-bond donors (Lipinski definition) is 2. The van der Waals surface area contributed by atoms with Gasteiger partial charge in [0.15, 0.2) is 0 Å². The quantitative estimate of drug-likeness (QED) is 0.627. The molecule has 0 atom stereocenters. The van der Waals surface area contributed by atoms with Gasteiger partial charge in [0.1, 0.15) is 12.0 Å². The molecule has 0 radical (unpaired) electrons. The zero-order valence-corrected chi connectivity index (χ0v) is 11.3. The fourth-order valence-electron chi connectivity index (χ4n) is 1.68. The molecule has 8 heteroatoms. The van der Waals surface area contributed by atoms with Crippen LogP contribution in [-0.2, 0) is 6.54 Å². The number of anilines is 2. The van der Waals surface area contributed by atoms with Crippen LogP contribution in [0.5, 0.6) is 0 Å². The van der Waals surface area contributed by atoms with E-state index >= 15 is 0 Å². The molecular formula is C13H14FN5O2. The summed E-state index contributed by atoms with van der Waals surface area (Å²) in [4.78, 5) is 18.3. The molecule has 2 rings (SSSR count). The number of halogens is 1. The predicted octanol–water partition coefficient (Wildman–Crippen LogP) is 2.57. The SMILES string of the molecule is CCNc1nc(NCc2ccc(F)cc2)ncc1[N+](=O)[O-]. The molecule has 0 fully saturated rings. The maximum absolute atomic E-state index is 12.8. The molecular weight excluding hydrogens is 277 g/mol. The molecule has 7 nitrogen and oxygen atoms in total. The van der Waals surface area contributed by atoms with E-state index in [9.17, 15) is 14.5 Å². The van der Waals surface area contributed by atoms with Crippen LogP contribution in [0.2, 0.25) is 0 Å². The first-order chi connectivity index (χ1) is 10.1. The van der Waals surface area contributed by atoms with Crippen LogP contribution >= 0.6 is 0 Å². The number of nitrogens with one attached hydrogen (secondary N) is 2. The van der Waals surface area contributed by atoms with Crippen LogP contribution in [0.1, 0.15) is 12.5 Å². The van der Waals surface area contributed by atoms with E-state index in [4.69, 9.17) is 0 Å². The first-order valence-electron chi connectivity index (χ1n) is 6.33. The topological polar surface area (TPSA) is 93.0 Å². The first-order valence-corrected chi connectivity index (χ1v) is 6.33. The molecule has 2 N–H and O–H groups in total. The van der Waals surface area contributed by atoms with Gasteiger partial charge in [-0.3, -0.25) is 10.1 Å². The molecule has 110 valence electrons. The van der Waals surface area contributed by atoms with Crippen molar-refractivity contribution in [1.82, 2.24) is 9.97 Å². The summed E-state index contributed by atoms with van der Waals surface area (Å²) >= 11 is 0. The summed E-state index contributed by atoms with van der Waals surface area (Å²) in [6.45, 7) is 2.72. The van der Waals surface area contributed by atoms with Gasteiger partial charge in [-0.05, 0) is 24.6 Å². The number of aromatic nitrogens is 2. The van der Waals surface area contributed by atoms with Crippen LogP contribution in [-0.4, -0.2) is 21.4 Å². The molecule has 2 aromatic rings. The van der Waals surface area contributed by atoms with Crippen molar-refractivity contribution in [2.45, 2.75) is 13.5 Å². The van der Waals surface area contributed by atoms with Crippen molar-refractivity contribution in [3.8, 4) is 0 Å². The fraction of sp³-hybridized carbons (Fsp3) is 0.231. The largest absolute Gasteiger partial charge is 0.364 e. The van der Waals surface area contributed by atoms with E-state index in [0.29, 0.717) is 13.1 Å². The zero-order chi connectivity index (χ0) is 15.2. The van der Waals surface area contributed by atoms with Gasteiger partial charge in [0, 0.05) is 13.1 Å². The van der Waals surface area contributed by atoms with Gasteiger partial charge in [0.25, 0.3) is 0 Å².